The van der Waals surface area contributed by atoms with E-state index in [2.05, 4.69) is 15.6 Å². The molecule has 28 heavy (non-hydrogen) atoms. The van der Waals surface area contributed by atoms with Crippen molar-refractivity contribution < 1.29 is 18.7 Å². The quantitative estimate of drug-likeness (QED) is 0.614. The number of carbonyl (C=O) groups excluding carboxylic acids is 2. The summed E-state index contributed by atoms with van der Waals surface area (Å²) in [6.45, 7) is 2.56. The fraction of sp³-hybridized carbons (Fsp3) is 0.250. The third-order valence-electron chi connectivity index (χ3n) is 4.08. The smallest absolute Gasteiger partial charge is 0.325 e. The highest BCUT2D eigenvalue weighted by Crippen LogP contribution is 2.24. The van der Waals surface area contributed by atoms with Gasteiger partial charge in [-0.2, -0.15) is 0 Å². The summed E-state index contributed by atoms with van der Waals surface area (Å²) in [5, 5.41) is 5.15. The summed E-state index contributed by atoms with van der Waals surface area (Å²) in [5.74, 6) is -0.113. The van der Waals surface area contributed by atoms with Gasteiger partial charge in [0.05, 0.1) is 17.6 Å². The van der Waals surface area contributed by atoms with Crippen LogP contribution < -0.4 is 10.6 Å². The predicted molar refractivity (Wildman–Crippen MR) is 103 cm³/mol. The largest absolute Gasteiger partial charge is 0.465 e. The second kappa shape index (κ2) is 8.98. The van der Waals surface area contributed by atoms with E-state index >= 15 is 0 Å². The van der Waals surface area contributed by atoms with Gasteiger partial charge in [0, 0.05) is 18.7 Å². The molecular weight excluding hydrogens is 363 g/mol. The Morgan fingerprint density at radius 1 is 1.11 bits per heavy atom. The van der Waals surface area contributed by atoms with Crippen molar-refractivity contribution in [2.75, 3.05) is 19.7 Å². The molecule has 2 N–H and O–H groups in total. The summed E-state index contributed by atoms with van der Waals surface area (Å²) in [7, 11) is 0. The molecule has 0 saturated carbocycles. The van der Waals surface area contributed by atoms with Crippen LogP contribution in [0.4, 0.5) is 9.18 Å². The van der Waals surface area contributed by atoms with Gasteiger partial charge in [-0.1, -0.05) is 12.1 Å². The van der Waals surface area contributed by atoms with Crippen molar-refractivity contribution in [1.82, 2.24) is 20.2 Å². The molecule has 0 aliphatic heterocycles. The number of nitrogens with zero attached hydrogens (tertiary/aromatic N) is 2. The first-order valence-electron chi connectivity index (χ1n) is 8.97. The van der Waals surface area contributed by atoms with Crippen LogP contribution in [0.25, 0.3) is 22.4 Å². The minimum atomic E-state index is -0.489. The standard InChI is InChI=1S/C20H21FN4O3/c1-2-28-18(26)13-23-20(27)22-11-12-25-17-6-4-3-5-16(17)24-19(25)14-7-9-15(21)10-8-14/h3-10H,2,11-13H2,1H3,(H2,22,23,27). The number of fused-ring (bicyclic) bond motifs is 1. The molecule has 2 amide bonds. The van der Waals surface area contributed by atoms with Crippen molar-refractivity contribution in [1.29, 1.82) is 0 Å². The fourth-order valence-corrected chi connectivity index (χ4v) is 2.83. The summed E-state index contributed by atoms with van der Waals surface area (Å²) in [5.41, 5.74) is 2.51. The van der Waals surface area contributed by atoms with Gasteiger partial charge in [0.2, 0.25) is 0 Å². The molecule has 0 saturated heterocycles. The van der Waals surface area contributed by atoms with Gasteiger partial charge >= 0.3 is 12.0 Å². The van der Waals surface area contributed by atoms with Crippen LogP contribution in [0.15, 0.2) is 48.5 Å². The van der Waals surface area contributed by atoms with E-state index in [-0.39, 0.29) is 19.0 Å². The zero-order chi connectivity index (χ0) is 19.9. The van der Waals surface area contributed by atoms with Gasteiger partial charge in [-0.05, 0) is 43.3 Å². The van der Waals surface area contributed by atoms with Gasteiger partial charge in [0.1, 0.15) is 18.2 Å². The highest BCUT2D eigenvalue weighted by Gasteiger charge is 2.13. The summed E-state index contributed by atoms with van der Waals surface area (Å²) < 4.78 is 20.0. The van der Waals surface area contributed by atoms with E-state index in [1.807, 2.05) is 28.8 Å². The number of hydrogen-bond acceptors (Lipinski definition) is 4. The number of nitrogens with one attached hydrogen (secondary N) is 2. The Labute approximate surface area is 161 Å². The second-order valence-corrected chi connectivity index (χ2v) is 6.00. The number of esters is 1. The molecule has 0 bridgehead atoms. The highest BCUT2D eigenvalue weighted by atomic mass is 19.1. The molecule has 0 radical (unpaired) electrons. The maximum Gasteiger partial charge on any atom is 0.325 e. The van der Waals surface area contributed by atoms with Gasteiger partial charge in [-0.25, -0.2) is 14.2 Å². The van der Waals surface area contributed by atoms with Crippen molar-refractivity contribution >= 4 is 23.0 Å². The molecule has 3 aromatic rings. The molecule has 1 heterocycles. The average Bonchev–Trinajstić information content (AvgIpc) is 3.06. The summed E-state index contributed by atoms with van der Waals surface area (Å²) >= 11 is 0. The Kier molecular flexibility index (Phi) is 6.21. The first kappa shape index (κ1) is 19.3. The van der Waals surface area contributed by atoms with Gasteiger partial charge in [-0.3, -0.25) is 4.79 Å². The lowest BCUT2D eigenvalue weighted by Gasteiger charge is -2.11. The zero-order valence-electron chi connectivity index (χ0n) is 15.4. The first-order valence-corrected chi connectivity index (χ1v) is 8.97. The number of benzene rings is 2. The van der Waals surface area contributed by atoms with E-state index in [0.717, 1.165) is 16.6 Å². The number of halogens is 1. The molecule has 3 rings (SSSR count). The molecule has 1 aromatic heterocycles. The van der Waals surface area contributed by atoms with Crippen molar-refractivity contribution in [3.05, 3.63) is 54.3 Å². The topological polar surface area (TPSA) is 85.2 Å². The molecule has 0 aliphatic carbocycles. The van der Waals surface area contributed by atoms with Crippen molar-refractivity contribution in [3.8, 4) is 11.4 Å². The number of hydrogen-bond donors (Lipinski definition) is 2. The maximum atomic E-state index is 13.3. The minimum absolute atomic E-state index is 0.186. The molecule has 0 fully saturated rings. The van der Waals surface area contributed by atoms with Crippen LogP contribution in [0, 0.1) is 5.82 Å². The Morgan fingerprint density at radius 3 is 2.61 bits per heavy atom. The number of para-hydroxylation sites is 2. The van der Waals surface area contributed by atoms with E-state index in [1.54, 1.807) is 19.1 Å². The number of ether oxygens (including phenoxy) is 1. The van der Waals surface area contributed by atoms with Crippen LogP contribution in [0.3, 0.4) is 0 Å². The van der Waals surface area contributed by atoms with Crippen molar-refractivity contribution in [2.45, 2.75) is 13.5 Å². The van der Waals surface area contributed by atoms with E-state index in [4.69, 9.17) is 4.74 Å². The third kappa shape index (κ3) is 4.64. The Balaban J connectivity index is 1.70. The van der Waals surface area contributed by atoms with E-state index < -0.39 is 12.0 Å². The Bertz CT molecular complexity index is 969. The molecule has 0 spiro atoms. The lowest BCUT2D eigenvalue weighted by atomic mass is 10.2. The molecule has 0 aliphatic rings. The van der Waals surface area contributed by atoms with Gasteiger partial charge < -0.3 is 19.9 Å². The lowest BCUT2D eigenvalue weighted by molar-refractivity contribution is -0.141. The molecule has 7 nitrogen and oxygen atoms in total. The zero-order valence-corrected chi connectivity index (χ0v) is 15.4. The third-order valence-corrected chi connectivity index (χ3v) is 4.08. The van der Waals surface area contributed by atoms with Crippen LogP contribution in [0.5, 0.6) is 0 Å². The predicted octanol–water partition coefficient (Wildman–Crippen LogP) is 2.70. The van der Waals surface area contributed by atoms with E-state index in [1.165, 1.54) is 12.1 Å². The summed E-state index contributed by atoms with van der Waals surface area (Å²) in [4.78, 5) is 27.8. The van der Waals surface area contributed by atoms with Gasteiger partial charge in [0.15, 0.2) is 0 Å². The molecule has 0 atom stereocenters. The average molecular weight is 384 g/mol. The second-order valence-electron chi connectivity index (χ2n) is 6.00. The van der Waals surface area contributed by atoms with Gasteiger partial charge in [0.25, 0.3) is 0 Å². The molecule has 0 unspecified atom stereocenters. The molecular formula is C20H21FN4O3. The van der Waals surface area contributed by atoms with E-state index in [0.29, 0.717) is 18.9 Å². The van der Waals surface area contributed by atoms with Gasteiger partial charge in [-0.15, -0.1) is 0 Å². The molecule has 2 aromatic carbocycles. The van der Waals surface area contributed by atoms with Crippen LogP contribution >= 0.6 is 0 Å². The molecule has 8 heteroatoms. The first-order chi connectivity index (χ1) is 13.6. The van der Waals surface area contributed by atoms with Crippen LogP contribution in [0.1, 0.15) is 6.92 Å². The fourth-order valence-electron chi connectivity index (χ4n) is 2.83. The number of urea groups is 1. The minimum Gasteiger partial charge on any atom is -0.465 e. The Hall–Kier alpha value is -3.42. The van der Waals surface area contributed by atoms with Crippen LogP contribution in [-0.4, -0.2) is 41.2 Å². The lowest BCUT2D eigenvalue weighted by Crippen LogP contribution is -2.40. The Morgan fingerprint density at radius 2 is 1.86 bits per heavy atom. The van der Waals surface area contributed by atoms with Crippen molar-refractivity contribution in [3.63, 3.8) is 0 Å². The summed E-state index contributed by atoms with van der Waals surface area (Å²) in [6, 6.07) is 13.3. The SMILES string of the molecule is CCOC(=O)CNC(=O)NCCn1c(-c2ccc(F)cc2)nc2ccccc21. The highest BCUT2D eigenvalue weighted by molar-refractivity contribution is 5.81. The summed E-state index contributed by atoms with van der Waals surface area (Å²) in [6.07, 6.45) is 0. The maximum absolute atomic E-state index is 13.3. The number of amides is 2. The number of aromatic nitrogens is 2. The van der Waals surface area contributed by atoms with E-state index in [9.17, 15) is 14.0 Å². The van der Waals surface area contributed by atoms with Crippen LogP contribution in [0.2, 0.25) is 0 Å². The molecule has 146 valence electrons. The number of carbonyl (C=O) groups is 2. The van der Waals surface area contributed by atoms with Crippen molar-refractivity contribution in [2.24, 2.45) is 0 Å². The number of imidazole rings is 1. The normalized spacial score (nSPS) is 10.6. The number of rotatable bonds is 7. The monoisotopic (exact) mass is 384 g/mol. The van der Waals surface area contributed by atoms with Crippen LogP contribution in [-0.2, 0) is 16.1 Å².